The summed E-state index contributed by atoms with van der Waals surface area (Å²) >= 11 is 0. The van der Waals surface area contributed by atoms with Crippen LogP contribution in [0, 0.1) is 17.3 Å². The molecule has 0 amide bonds. The summed E-state index contributed by atoms with van der Waals surface area (Å²) in [7, 11) is 0. The number of hydrogen-bond acceptors (Lipinski definition) is 2. The molecule has 2 nitrogen and oxygen atoms in total. The molecule has 2 heteroatoms. The van der Waals surface area contributed by atoms with Gasteiger partial charge in [-0.3, -0.25) is 0 Å². The average molecular weight is 304 g/mol. The predicted molar refractivity (Wildman–Crippen MR) is 90.6 cm³/mol. The van der Waals surface area contributed by atoms with Crippen LogP contribution in [0.5, 0.6) is 0 Å². The van der Waals surface area contributed by atoms with E-state index in [9.17, 15) is 5.11 Å². The van der Waals surface area contributed by atoms with Gasteiger partial charge in [-0.15, -0.1) is 0 Å². The second-order valence-corrected chi connectivity index (χ2v) is 8.57. The molecule has 0 aromatic carbocycles. The van der Waals surface area contributed by atoms with E-state index in [1.807, 2.05) is 0 Å². The summed E-state index contributed by atoms with van der Waals surface area (Å²) in [6, 6.07) is 0. The molecular formula is C20H32O2. The largest absolute Gasteiger partial charge is 0.393 e. The van der Waals surface area contributed by atoms with Gasteiger partial charge in [-0.05, 0) is 76.5 Å². The van der Waals surface area contributed by atoms with Crippen molar-refractivity contribution in [3.8, 4) is 0 Å². The summed E-state index contributed by atoms with van der Waals surface area (Å²) < 4.78 is 6.07. The van der Waals surface area contributed by atoms with E-state index in [0.29, 0.717) is 17.9 Å². The first kappa shape index (κ1) is 16.3. The van der Waals surface area contributed by atoms with Crippen molar-refractivity contribution in [3.05, 3.63) is 23.8 Å². The molecule has 22 heavy (non-hydrogen) atoms. The fourth-order valence-electron chi connectivity index (χ4n) is 5.00. The molecule has 1 N–H and O–H groups in total. The van der Waals surface area contributed by atoms with Crippen LogP contribution >= 0.6 is 0 Å². The highest BCUT2D eigenvalue weighted by molar-refractivity contribution is 5.15. The van der Waals surface area contributed by atoms with Gasteiger partial charge in [0.1, 0.15) is 0 Å². The van der Waals surface area contributed by atoms with Crippen molar-refractivity contribution >= 4 is 0 Å². The predicted octanol–water partition coefficient (Wildman–Crippen LogP) is 4.63. The lowest BCUT2D eigenvalue weighted by Gasteiger charge is -2.36. The fraction of sp³-hybridized carbons (Fsp3) is 0.800. The van der Waals surface area contributed by atoms with E-state index in [0.717, 1.165) is 38.5 Å². The van der Waals surface area contributed by atoms with Gasteiger partial charge in [0.25, 0.3) is 0 Å². The quantitative estimate of drug-likeness (QED) is 0.566. The summed E-state index contributed by atoms with van der Waals surface area (Å²) in [5.74, 6) is 0.980. The summed E-state index contributed by atoms with van der Waals surface area (Å²) in [5, 5.41) is 10.8. The molecule has 124 valence electrons. The number of fused-ring (bicyclic) bond motifs is 2. The Morgan fingerprint density at radius 1 is 1.41 bits per heavy atom. The zero-order chi connectivity index (χ0) is 16.1. The molecule has 6 unspecified atom stereocenters. The van der Waals surface area contributed by atoms with Gasteiger partial charge in [0, 0.05) is 0 Å². The highest BCUT2D eigenvalue weighted by atomic mass is 16.6. The van der Waals surface area contributed by atoms with Crippen LogP contribution in [0.3, 0.4) is 0 Å². The monoisotopic (exact) mass is 304 g/mol. The van der Waals surface area contributed by atoms with Gasteiger partial charge in [0.2, 0.25) is 0 Å². The molecule has 1 saturated carbocycles. The van der Waals surface area contributed by atoms with Gasteiger partial charge < -0.3 is 9.84 Å². The molecular weight excluding hydrogens is 272 g/mol. The zero-order valence-corrected chi connectivity index (χ0v) is 14.7. The van der Waals surface area contributed by atoms with Crippen molar-refractivity contribution in [2.24, 2.45) is 17.3 Å². The van der Waals surface area contributed by atoms with Gasteiger partial charge in [-0.2, -0.15) is 0 Å². The summed E-state index contributed by atoms with van der Waals surface area (Å²) in [4.78, 5) is 0. The molecule has 3 aliphatic rings. The molecule has 0 radical (unpaired) electrons. The number of epoxide rings is 1. The molecule has 2 fully saturated rings. The maximum absolute atomic E-state index is 10.8. The van der Waals surface area contributed by atoms with Crippen LogP contribution in [0.1, 0.15) is 66.2 Å². The van der Waals surface area contributed by atoms with Crippen LogP contribution in [0.2, 0.25) is 0 Å². The average Bonchev–Trinajstić information content (AvgIpc) is 2.97. The maximum atomic E-state index is 10.8. The Balaban J connectivity index is 1.90. The van der Waals surface area contributed by atoms with E-state index in [1.165, 1.54) is 11.1 Å². The highest BCUT2D eigenvalue weighted by Gasteiger charge is 2.59. The Bertz CT molecular complexity index is 494. The minimum atomic E-state index is -0.224. The number of aliphatic hydroxyl groups excluding tert-OH is 1. The summed E-state index contributed by atoms with van der Waals surface area (Å²) in [5.41, 5.74) is 2.74. The van der Waals surface area contributed by atoms with Gasteiger partial charge >= 0.3 is 0 Å². The van der Waals surface area contributed by atoms with Crippen molar-refractivity contribution in [1.82, 2.24) is 0 Å². The molecule has 0 bridgehead atoms. The van der Waals surface area contributed by atoms with E-state index < -0.39 is 0 Å². The second-order valence-electron chi connectivity index (χ2n) is 8.57. The van der Waals surface area contributed by atoms with E-state index in [1.54, 1.807) is 0 Å². The van der Waals surface area contributed by atoms with E-state index in [-0.39, 0.29) is 17.1 Å². The Kier molecular flexibility index (Phi) is 4.06. The SMILES string of the molecule is C=C(C)C1CC(O)C2(C)CC3OC3(C)CCC=C(C)CCC12. The van der Waals surface area contributed by atoms with Crippen LogP contribution in [0.25, 0.3) is 0 Å². The number of rotatable bonds is 1. The molecule has 3 rings (SSSR count). The van der Waals surface area contributed by atoms with E-state index >= 15 is 0 Å². The van der Waals surface area contributed by atoms with Crippen molar-refractivity contribution < 1.29 is 9.84 Å². The molecule has 0 aromatic rings. The molecule has 0 spiro atoms. The van der Waals surface area contributed by atoms with E-state index in [2.05, 4.69) is 40.3 Å². The fourth-order valence-corrected chi connectivity index (χ4v) is 5.00. The molecule has 1 heterocycles. The third-order valence-corrected chi connectivity index (χ3v) is 6.85. The highest BCUT2D eigenvalue weighted by Crippen LogP contribution is 2.58. The summed E-state index contributed by atoms with van der Waals surface area (Å²) in [6.07, 6.45) is 8.91. The number of aliphatic hydroxyl groups is 1. The smallest absolute Gasteiger partial charge is 0.0923 e. The molecule has 1 saturated heterocycles. The first-order valence-electron chi connectivity index (χ1n) is 8.93. The molecule has 6 atom stereocenters. The molecule has 2 aliphatic carbocycles. The van der Waals surface area contributed by atoms with Gasteiger partial charge in [-0.25, -0.2) is 0 Å². The van der Waals surface area contributed by atoms with Crippen LogP contribution in [0.15, 0.2) is 23.8 Å². The molecule has 1 aliphatic heterocycles. The van der Waals surface area contributed by atoms with Crippen molar-refractivity contribution in [2.45, 2.75) is 84.0 Å². The standard InChI is InChI=1S/C20H32O2/c1-13(2)15-11-17(21)19(4)12-18-20(5,22-18)10-6-7-14(3)8-9-16(15)19/h7,15-18,21H,1,6,8-12H2,2-5H3. The van der Waals surface area contributed by atoms with Crippen LogP contribution in [-0.4, -0.2) is 22.9 Å². The lowest BCUT2D eigenvalue weighted by atomic mass is 9.69. The number of allylic oxidation sites excluding steroid dienone is 3. The minimum Gasteiger partial charge on any atom is -0.393 e. The first-order chi connectivity index (χ1) is 10.3. The van der Waals surface area contributed by atoms with Gasteiger partial charge in [-0.1, -0.05) is 30.7 Å². The third kappa shape index (κ3) is 2.69. The van der Waals surface area contributed by atoms with Gasteiger partial charge in [0.15, 0.2) is 0 Å². The van der Waals surface area contributed by atoms with Crippen LogP contribution in [0.4, 0.5) is 0 Å². The number of hydrogen-bond donors (Lipinski definition) is 1. The molecule has 0 aromatic heterocycles. The lowest BCUT2D eigenvalue weighted by molar-refractivity contribution is 0.0227. The maximum Gasteiger partial charge on any atom is 0.0923 e. The Labute approximate surface area is 135 Å². The normalized spacial score (nSPS) is 48.7. The third-order valence-electron chi connectivity index (χ3n) is 6.85. The first-order valence-corrected chi connectivity index (χ1v) is 8.93. The van der Waals surface area contributed by atoms with Gasteiger partial charge in [0.05, 0.1) is 17.8 Å². The van der Waals surface area contributed by atoms with Crippen molar-refractivity contribution in [3.63, 3.8) is 0 Å². The second kappa shape index (κ2) is 5.49. The zero-order valence-electron chi connectivity index (χ0n) is 14.7. The summed E-state index contributed by atoms with van der Waals surface area (Å²) in [6.45, 7) is 13.1. The van der Waals surface area contributed by atoms with E-state index in [4.69, 9.17) is 4.74 Å². The lowest BCUT2D eigenvalue weighted by Crippen LogP contribution is -2.36. The van der Waals surface area contributed by atoms with Crippen molar-refractivity contribution in [1.29, 1.82) is 0 Å². The van der Waals surface area contributed by atoms with Crippen LogP contribution < -0.4 is 0 Å². The minimum absolute atomic E-state index is 0.0311. The Hall–Kier alpha value is -0.600. The van der Waals surface area contributed by atoms with Crippen molar-refractivity contribution in [2.75, 3.05) is 0 Å². The Morgan fingerprint density at radius 3 is 2.82 bits per heavy atom. The Morgan fingerprint density at radius 2 is 2.14 bits per heavy atom. The topological polar surface area (TPSA) is 32.8 Å². The number of ether oxygens (including phenoxy) is 1. The van der Waals surface area contributed by atoms with Crippen LogP contribution in [-0.2, 0) is 4.74 Å².